The van der Waals surface area contributed by atoms with E-state index in [0.29, 0.717) is 48.4 Å². The van der Waals surface area contributed by atoms with Gasteiger partial charge in [-0.15, -0.1) is 0 Å². The maximum absolute atomic E-state index is 11.6. The number of piperidine rings is 1. The van der Waals surface area contributed by atoms with Gasteiger partial charge in [-0.2, -0.15) is 5.10 Å². The highest BCUT2D eigenvalue weighted by molar-refractivity contribution is 6.35. The molecule has 114 valence electrons. The van der Waals surface area contributed by atoms with Crippen LogP contribution in [0.2, 0.25) is 10.0 Å². The summed E-state index contributed by atoms with van der Waals surface area (Å²) < 4.78 is 4.96. The van der Waals surface area contributed by atoms with Crippen molar-refractivity contribution in [3.63, 3.8) is 0 Å². The van der Waals surface area contributed by atoms with Crippen LogP contribution in [0.3, 0.4) is 0 Å². The summed E-state index contributed by atoms with van der Waals surface area (Å²) in [7, 11) is 0. The van der Waals surface area contributed by atoms with Crippen molar-refractivity contribution in [1.82, 2.24) is 9.88 Å². The van der Waals surface area contributed by atoms with Crippen molar-refractivity contribution in [3.05, 3.63) is 22.3 Å². The summed E-state index contributed by atoms with van der Waals surface area (Å²) in [5, 5.41) is 5.17. The van der Waals surface area contributed by atoms with Crippen LogP contribution in [0.1, 0.15) is 19.8 Å². The first-order valence-electron chi connectivity index (χ1n) is 6.64. The third kappa shape index (κ3) is 4.47. The summed E-state index contributed by atoms with van der Waals surface area (Å²) in [6.07, 6.45) is 2.61. The fraction of sp³-hybridized carbons (Fsp3) is 0.462. The van der Waals surface area contributed by atoms with E-state index in [4.69, 9.17) is 27.9 Å². The number of nitrogens with zero attached hydrogens (tertiary/aromatic N) is 3. The maximum atomic E-state index is 11.6. The predicted molar refractivity (Wildman–Crippen MR) is 83.1 cm³/mol. The van der Waals surface area contributed by atoms with Gasteiger partial charge in [-0.3, -0.25) is 5.43 Å². The molecule has 21 heavy (non-hydrogen) atoms. The number of carbonyl (C=O) groups is 1. The first kappa shape index (κ1) is 15.9. The molecule has 0 spiro atoms. The number of carbonyl (C=O) groups excluding carboxylic acids is 1. The van der Waals surface area contributed by atoms with Crippen molar-refractivity contribution in [2.24, 2.45) is 5.10 Å². The molecule has 0 unspecified atom stereocenters. The molecule has 1 aromatic rings. The van der Waals surface area contributed by atoms with Gasteiger partial charge in [-0.25, -0.2) is 9.78 Å². The molecule has 1 aromatic heterocycles. The number of halogens is 2. The molecule has 1 saturated heterocycles. The number of hydrogen-bond acceptors (Lipinski definition) is 5. The second kappa shape index (κ2) is 7.47. The smallest absolute Gasteiger partial charge is 0.409 e. The monoisotopic (exact) mass is 330 g/mol. The Hall–Kier alpha value is -1.53. The Morgan fingerprint density at radius 2 is 2.19 bits per heavy atom. The van der Waals surface area contributed by atoms with Crippen LogP contribution >= 0.6 is 23.2 Å². The molecule has 1 amide bonds. The number of ether oxygens (including phenoxy) is 1. The van der Waals surface area contributed by atoms with E-state index in [1.54, 1.807) is 17.9 Å². The molecule has 0 saturated carbocycles. The molecule has 1 aliphatic heterocycles. The lowest BCUT2D eigenvalue weighted by Crippen LogP contribution is -2.39. The average Bonchev–Trinajstić information content (AvgIpc) is 2.47. The van der Waals surface area contributed by atoms with Crippen LogP contribution in [-0.2, 0) is 4.74 Å². The number of rotatable bonds is 3. The van der Waals surface area contributed by atoms with Gasteiger partial charge in [0.15, 0.2) is 5.82 Å². The second-order valence-corrected chi connectivity index (χ2v) is 5.30. The number of hydrazone groups is 1. The number of anilines is 1. The molecule has 1 N–H and O–H groups in total. The number of amides is 1. The quantitative estimate of drug-likeness (QED) is 0.862. The van der Waals surface area contributed by atoms with Crippen LogP contribution in [0, 0.1) is 0 Å². The van der Waals surface area contributed by atoms with Gasteiger partial charge in [0.2, 0.25) is 0 Å². The van der Waals surface area contributed by atoms with Crippen LogP contribution in [0.5, 0.6) is 0 Å². The van der Waals surface area contributed by atoms with E-state index in [1.165, 1.54) is 6.20 Å². The fourth-order valence-electron chi connectivity index (χ4n) is 1.90. The molecule has 2 heterocycles. The van der Waals surface area contributed by atoms with Crippen molar-refractivity contribution in [1.29, 1.82) is 0 Å². The summed E-state index contributed by atoms with van der Waals surface area (Å²) in [6, 6.07) is 1.60. The average molecular weight is 331 g/mol. The number of pyridine rings is 1. The molecule has 0 atom stereocenters. The van der Waals surface area contributed by atoms with Gasteiger partial charge in [0, 0.05) is 37.8 Å². The van der Waals surface area contributed by atoms with Crippen molar-refractivity contribution < 1.29 is 9.53 Å². The van der Waals surface area contributed by atoms with Gasteiger partial charge in [-0.05, 0) is 13.0 Å². The van der Waals surface area contributed by atoms with Gasteiger partial charge >= 0.3 is 6.09 Å². The largest absolute Gasteiger partial charge is 0.450 e. The summed E-state index contributed by atoms with van der Waals surface area (Å²) in [5.41, 5.74) is 3.79. The first-order chi connectivity index (χ1) is 10.1. The standard InChI is InChI=1S/C13H16Cl2N4O2/c1-2-21-13(20)19-5-3-10(4-6-19)17-18-12-11(15)7-9(14)8-16-12/h7-8H,2-6H2,1H3,(H,16,18). The molecular weight excluding hydrogens is 315 g/mol. The predicted octanol–water partition coefficient (Wildman–Crippen LogP) is 3.41. The SMILES string of the molecule is CCOC(=O)N1CCC(=NNc2ncc(Cl)cc2Cl)CC1. The lowest BCUT2D eigenvalue weighted by atomic mass is 10.1. The summed E-state index contributed by atoms with van der Waals surface area (Å²) in [5.74, 6) is 0.460. The van der Waals surface area contributed by atoms with E-state index in [2.05, 4.69) is 15.5 Å². The maximum Gasteiger partial charge on any atom is 0.409 e. The molecule has 1 fully saturated rings. The van der Waals surface area contributed by atoms with Gasteiger partial charge in [0.1, 0.15) is 0 Å². The van der Waals surface area contributed by atoms with Crippen LogP contribution in [0.4, 0.5) is 10.6 Å². The third-order valence-corrected chi connectivity index (χ3v) is 3.49. The van der Waals surface area contributed by atoms with E-state index in [0.717, 1.165) is 5.71 Å². The van der Waals surface area contributed by atoms with E-state index in [9.17, 15) is 4.79 Å². The molecule has 6 nitrogen and oxygen atoms in total. The molecule has 0 aromatic carbocycles. The van der Waals surface area contributed by atoms with E-state index >= 15 is 0 Å². The lowest BCUT2D eigenvalue weighted by molar-refractivity contribution is 0.107. The number of likely N-dealkylation sites (tertiary alicyclic amines) is 1. The zero-order chi connectivity index (χ0) is 15.2. The highest BCUT2D eigenvalue weighted by Gasteiger charge is 2.20. The van der Waals surface area contributed by atoms with E-state index in [-0.39, 0.29) is 6.09 Å². The minimum atomic E-state index is -0.271. The normalized spacial score (nSPS) is 14.8. The summed E-state index contributed by atoms with van der Waals surface area (Å²) >= 11 is 11.8. The number of nitrogens with one attached hydrogen (secondary N) is 1. The van der Waals surface area contributed by atoms with Gasteiger partial charge in [0.05, 0.1) is 16.7 Å². The minimum absolute atomic E-state index is 0.271. The Kier molecular flexibility index (Phi) is 5.64. The van der Waals surface area contributed by atoms with Crippen molar-refractivity contribution in [2.45, 2.75) is 19.8 Å². The molecule has 8 heteroatoms. The van der Waals surface area contributed by atoms with Crippen LogP contribution < -0.4 is 5.43 Å². The molecule has 0 radical (unpaired) electrons. The summed E-state index contributed by atoms with van der Waals surface area (Å²) in [6.45, 7) is 3.38. The molecule has 0 bridgehead atoms. The van der Waals surface area contributed by atoms with Gasteiger partial charge in [-0.1, -0.05) is 23.2 Å². The zero-order valence-electron chi connectivity index (χ0n) is 11.6. The van der Waals surface area contributed by atoms with Crippen molar-refractivity contribution >= 4 is 40.8 Å². The summed E-state index contributed by atoms with van der Waals surface area (Å²) in [4.78, 5) is 17.3. The molecular formula is C13H16Cl2N4O2. The highest BCUT2D eigenvalue weighted by Crippen LogP contribution is 2.22. The zero-order valence-corrected chi connectivity index (χ0v) is 13.1. The second-order valence-electron chi connectivity index (χ2n) is 4.46. The number of aromatic nitrogens is 1. The Balaban J connectivity index is 1.88. The third-order valence-electron chi connectivity index (χ3n) is 2.99. The van der Waals surface area contributed by atoms with E-state index < -0.39 is 0 Å². The van der Waals surface area contributed by atoms with E-state index in [1.807, 2.05) is 0 Å². The number of hydrogen-bond donors (Lipinski definition) is 1. The molecule has 2 rings (SSSR count). The van der Waals surface area contributed by atoms with Crippen molar-refractivity contribution in [3.8, 4) is 0 Å². The van der Waals surface area contributed by atoms with Crippen LogP contribution in [0.15, 0.2) is 17.4 Å². The van der Waals surface area contributed by atoms with Crippen LogP contribution in [0.25, 0.3) is 0 Å². The van der Waals surface area contributed by atoms with Crippen molar-refractivity contribution in [2.75, 3.05) is 25.1 Å². The fourth-order valence-corrected chi connectivity index (χ4v) is 2.33. The molecule has 1 aliphatic rings. The Labute approximate surface area is 133 Å². The highest BCUT2D eigenvalue weighted by atomic mass is 35.5. The Morgan fingerprint density at radius 1 is 1.48 bits per heavy atom. The van der Waals surface area contributed by atoms with Crippen LogP contribution in [-0.4, -0.2) is 41.4 Å². The lowest BCUT2D eigenvalue weighted by Gasteiger charge is -2.26. The minimum Gasteiger partial charge on any atom is -0.450 e. The molecule has 0 aliphatic carbocycles. The Morgan fingerprint density at radius 3 is 2.81 bits per heavy atom. The Bertz CT molecular complexity index is 541. The topological polar surface area (TPSA) is 66.8 Å². The van der Waals surface area contributed by atoms with Gasteiger partial charge in [0.25, 0.3) is 0 Å². The van der Waals surface area contributed by atoms with Gasteiger partial charge < -0.3 is 9.64 Å². The first-order valence-corrected chi connectivity index (χ1v) is 7.40.